The van der Waals surface area contributed by atoms with Gasteiger partial charge in [-0.1, -0.05) is 11.6 Å². The number of thiazole rings is 1. The van der Waals surface area contributed by atoms with Crippen LogP contribution in [0.1, 0.15) is 26.3 Å². The lowest BCUT2D eigenvalue weighted by Gasteiger charge is -2.33. The van der Waals surface area contributed by atoms with Gasteiger partial charge in [0.2, 0.25) is 5.03 Å². The molecule has 0 radical (unpaired) electrons. The molecule has 1 N–H and O–H groups in total. The molecule has 9 nitrogen and oxygen atoms in total. The number of fused-ring (bicyclic) bond motifs is 2. The van der Waals surface area contributed by atoms with E-state index in [0.717, 1.165) is 3.97 Å². The first-order chi connectivity index (χ1) is 14.5. The number of pyridine rings is 1. The number of imidazole rings is 1. The molecule has 31 heavy (non-hydrogen) atoms. The summed E-state index contributed by atoms with van der Waals surface area (Å²) >= 11 is 7.47. The van der Waals surface area contributed by atoms with Gasteiger partial charge >= 0.3 is 6.09 Å². The Morgan fingerprint density at radius 2 is 2.10 bits per heavy atom. The molecule has 4 rings (SSSR count). The fraction of sp³-hybridized carbons (Fsp3) is 0.316. The highest BCUT2D eigenvalue weighted by Crippen LogP contribution is 2.31. The topological polar surface area (TPSA) is 110 Å². The van der Waals surface area contributed by atoms with Crippen LogP contribution in [0.2, 0.25) is 5.15 Å². The number of halogens is 1. The SMILES string of the molecule is CC(C)(C)N(CCc1cn(S(=O)(=O)c2c(Cl)nc3sccn23)c2ccncc12)C(=O)O. The largest absolute Gasteiger partial charge is 0.465 e. The van der Waals surface area contributed by atoms with Crippen molar-refractivity contribution in [1.82, 2.24) is 23.2 Å². The fourth-order valence-corrected chi connectivity index (χ4v) is 6.33. The Labute approximate surface area is 187 Å². The van der Waals surface area contributed by atoms with Gasteiger partial charge in [0.05, 0.1) is 5.52 Å². The van der Waals surface area contributed by atoms with E-state index in [9.17, 15) is 18.3 Å². The summed E-state index contributed by atoms with van der Waals surface area (Å²) in [6, 6.07) is 1.61. The van der Waals surface area contributed by atoms with E-state index in [1.54, 1.807) is 23.8 Å². The molecule has 0 spiro atoms. The molecule has 4 aromatic rings. The number of rotatable bonds is 5. The van der Waals surface area contributed by atoms with E-state index < -0.39 is 21.7 Å². The van der Waals surface area contributed by atoms with Crippen molar-refractivity contribution in [2.24, 2.45) is 0 Å². The molecule has 0 fully saturated rings. The van der Waals surface area contributed by atoms with Crippen LogP contribution in [0.4, 0.5) is 4.79 Å². The van der Waals surface area contributed by atoms with E-state index in [0.29, 0.717) is 27.8 Å². The monoisotopic (exact) mass is 481 g/mol. The zero-order chi connectivity index (χ0) is 22.6. The lowest BCUT2D eigenvalue weighted by Crippen LogP contribution is -2.45. The number of hydrogen-bond donors (Lipinski definition) is 1. The molecule has 0 aliphatic rings. The number of carboxylic acid groups (broad SMARTS) is 1. The van der Waals surface area contributed by atoms with Gasteiger partial charge in [-0.25, -0.2) is 13.8 Å². The molecule has 4 aromatic heterocycles. The second-order valence-electron chi connectivity index (χ2n) is 7.97. The molecule has 0 atom stereocenters. The molecule has 0 aliphatic heterocycles. The molecule has 0 aliphatic carbocycles. The van der Waals surface area contributed by atoms with Gasteiger partial charge < -0.3 is 10.0 Å². The summed E-state index contributed by atoms with van der Waals surface area (Å²) in [5.74, 6) is 0. The third kappa shape index (κ3) is 3.66. The van der Waals surface area contributed by atoms with Gasteiger partial charge in [0.15, 0.2) is 10.1 Å². The van der Waals surface area contributed by atoms with E-state index in [2.05, 4.69) is 9.97 Å². The predicted molar refractivity (Wildman–Crippen MR) is 119 cm³/mol. The average Bonchev–Trinajstić information content (AvgIpc) is 3.33. The Morgan fingerprint density at radius 1 is 1.35 bits per heavy atom. The Bertz CT molecular complexity index is 1400. The minimum atomic E-state index is -4.08. The van der Waals surface area contributed by atoms with E-state index in [4.69, 9.17) is 11.6 Å². The summed E-state index contributed by atoms with van der Waals surface area (Å²) in [6.07, 6.45) is 5.49. The minimum absolute atomic E-state index is 0.103. The van der Waals surface area contributed by atoms with Crippen molar-refractivity contribution in [3.8, 4) is 0 Å². The Kier molecular flexibility index (Phi) is 5.23. The molecular weight excluding hydrogens is 462 g/mol. The van der Waals surface area contributed by atoms with Gasteiger partial charge in [0.25, 0.3) is 10.0 Å². The number of hydrogen-bond acceptors (Lipinski definition) is 6. The molecule has 0 unspecified atom stereocenters. The second kappa shape index (κ2) is 7.50. The van der Waals surface area contributed by atoms with Crippen LogP contribution in [0.5, 0.6) is 0 Å². The molecular formula is C19H20ClN5O4S2. The quantitative estimate of drug-likeness (QED) is 0.462. The summed E-state index contributed by atoms with van der Waals surface area (Å²) in [6.45, 7) is 5.63. The highest BCUT2D eigenvalue weighted by atomic mass is 35.5. The number of carbonyl (C=O) groups is 1. The summed E-state index contributed by atoms with van der Waals surface area (Å²) < 4.78 is 29.7. The lowest BCUT2D eigenvalue weighted by molar-refractivity contribution is 0.101. The summed E-state index contributed by atoms with van der Waals surface area (Å²) in [5, 5.41) is 11.7. The lowest BCUT2D eigenvalue weighted by atomic mass is 10.1. The zero-order valence-electron chi connectivity index (χ0n) is 17.0. The van der Waals surface area contributed by atoms with Crippen molar-refractivity contribution >= 4 is 54.9 Å². The molecule has 4 heterocycles. The Balaban J connectivity index is 1.81. The molecule has 164 valence electrons. The van der Waals surface area contributed by atoms with E-state index in [1.807, 2.05) is 20.8 Å². The van der Waals surface area contributed by atoms with Crippen molar-refractivity contribution in [1.29, 1.82) is 0 Å². The molecule has 0 bridgehead atoms. The maximum atomic E-state index is 13.6. The highest BCUT2D eigenvalue weighted by molar-refractivity contribution is 7.90. The first kappa shape index (κ1) is 21.6. The highest BCUT2D eigenvalue weighted by Gasteiger charge is 2.30. The van der Waals surface area contributed by atoms with E-state index in [-0.39, 0.29) is 16.7 Å². The van der Waals surface area contributed by atoms with Gasteiger partial charge in [0.1, 0.15) is 0 Å². The Morgan fingerprint density at radius 3 is 2.77 bits per heavy atom. The van der Waals surface area contributed by atoms with Gasteiger partial charge in [-0.2, -0.15) is 8.42 Å². The van der Waals surface area contributed by atoms with E-state index in [1.165, 1.54) is 33.0 Å². The standard InChI is InChI=1S/C19H20ClN5O4S2/c1-19(2,3)24(18(26)27)7-5-12-11-25(14-4-6-21-10-13(12)14)31(28,29)16-15(20)22-17-23(16)8-9-30-17/h4,6,8-11H,5,7H2,1-3H3,(H,26,27). The normalized spacial score (nSPS) is 12.6. The van der Waals surface area contributed by atoms with Gasteiger partial charge in [-0.05, 0) is 38.8 Å². The number of amides is 1. The van der Waals surface area contributed by atoms with Crippen LogP contribution in [0.15, 0.2) is 41.3 Å². The molecule has 1 amide bonds. The fourth-order valence-electron chi connectivity index (χ4n) is 3.52. The Hall–Kier alpha value is -2.63. The van der Waals surface area contributed by atoms with Crippen molar-refractivity contribution in [3.05, 3.63) is 47.0 Å². The van der Waals surface area contributed by atoms with Crippen molar-refractivity contribution in [3.63, 3.8) is 0 Å². The third-order valence-corrected chi connectivity index (χ3v) is 7.81. The van der Waals surface area contributed by atoms with Crippen LogP contribution in [0.3, 0.4) is 0 Å². The van der Waals surface area contributed by atoms with Crippen LogP contribution in [0, 0.1) is 0 Å². The van der Waals surface area contributed by atoms with Crippen LogP contribution < -0.4 is 0 Å². The molecule has 12 heteroatoms. The van der Waals surface area contributed by atoms with Crippen LogP contribution in [-0.4, -0.2) is 54.9 Å². The first-order valence-electron chi connectivity index (χ1n) is 9.33. The average molecular weight is 482 g/mol. The van der Waals surface area contributed by atoms with Crippen molar-refractivity contribution in [2.75, 3.05) is 6.54 Å². The predicted octanol–water partition coefficient (Wildman–Crippen LogP) is 3.96. The molecule has 0 aromatic carbocycles. The van der Waals surface area contributed by atoms with Gasteiger partial charge in [-0.3, -0.25) is 9.38 Å². The number of aromatic nitrogens is 4. The van der Waals surface area contributed by atoms with Crippen LogP contribution >= 0.6 is 22.9 Å². The summed E-state index contributed by atoms with van der Waals surface area (Å²) in [5.41, 5.74) is 0.512. The van der Waals surface area contributed by atoms with Gasteiger partial charge in [-0.15, -0.1) is 11.3 Å². The number of nitrogens with zero attached hydrogens (tertiary/aromatic N) is 5. The van der Waals surface area contributed by atoms with Crippen LogP contribution in [0.25, 0.3) is 15.9 Å². The third-order valence-electron chi connectivity index (χ3n) is 4.98. The molecule has 0 saturated heterocycles. The van der Waals surface area contributed by atoms with Crippen molar-refractivity contribution < 1.29 is 18.3 Å². The van der Waals surface area contributed by atoms with Gasteiger partial charge in [0, 0.05) is 47.6 Å². The van der Waals surface area contributed by atoms with Crippen LogP contribution in [-0.2, 0) is 16.4 Å². The second-order valence-corrected chi connectivity index (χ2v) is 10.9. The molecule has 0 saturated carbocycles. The summed E-state index contributed by atoms with van der Waals surface area (Å²) in [4.78, 5) is 21.7. The smallest absolute Gasteiger partial charge is 0.407 e. The minimum Gasteiger partial charge on any atom is -0.465 e. The maximum absolute atomic E-state index is 13.6. The van der Waals surface area contributed by atoms with Crippen molar-refractivity contribution in [2.45, 2.75) is 37.8 Å². The summed E-state index contributed by atoms with van der Waals surface area (Å²) in [7, 11) is -4.08. The van der Waals surface area contributed by atoms with E-state index >= 15 is 0 Å². The maximum Gasteiger partial charge on any atom is 0.407 e. The zero-order valence-corrected chi connectivity index (χ0v) is 19.4. The first-order valence-corrected chi connectivity index (χ1v) is 12.0.